The quantitative estimate of drug-likeness (QED) is 0.697. The van der Waals surface area contributed by atoms with Gasteiger partial charge in [0.25, 0.3) is 5.56 Å². The van der Waals surface area contributed by atoms with E-state index >= 15 is 0 Å². The number of nitrogens with one attached hydrogen (secondary N) is 2. The number of benzene rings is 1. The molecule has 6 nitrogen and oxygen atoms in total. The number of aromatic nitrogens is 3. The Balaban J connectivity index is 1.64. The Morgan fingerprint density at radius 2 is 2.00 bits per heavy atom. The number of pyridine rings is 1. The van der Waals surface area contributed by atoms with E-state index in [1.54, 1.807) is 25.4 Å². The average molecular weight is 358 g/mol. The van der Waals surface area contributed by atoms with Gasteiger partial charge in [-0.1, -0.05) is 30.0 Å². The summed E-state index contributed by atoms with van der Waals surface area (Å²) in [4.78, 5) is 35.6. The van der Waals surface area contributed by atoms with E-state index in [-0.39, 0.29) is 24.4 Å². The first-order valence-corrected chi connectivity index (χ1v) is 8.44. The summed E-state index contributed by atoms with van der Waals surface area (Å²) >= 11 is 0. The largest absolute Gasteiger partial charge is 0.345 e. The molecule has 0 spiro atoms. The first-order chi connectivity index (χ1) is 13.1. The van der Waals surface area contributed by atoms with Gasteiger partial charge in [0.05, 0.1) is 13.0 Å². The summed E-state index contributed by atoms with van der Waals surface area (Å²) in [6, 6.07) is 13.1. The summed E-state index contributed by atoms with van der Waals surface area (Å²) in [5.74, 6) is 6.01. The predicted molar refractivity (Wildman–Crippen MR) is 103 cm³/mol. The van der Waals surface area contributed by atoms with Gasteiger partial charge in [-0.15, -0.1) is 0 Å². The maximum atomic E-state index is 12.4. The molecule has 0 radical (unpaired) electrons. The van der Waals surface area contributed by atoms with Crippen LogP contribution in [0.2, 0.25) is 0 Å². The van der Waals surface area contributed by atoms with Gasteiger partial charge in [0.15, 0.2) is 0 Å². The molecule has 0 atom stereocenters. The van der Waals surface area contributed by atoms with Gasteiger partial charge < -0.3 is 10.3 Å². The van der Waals surface area contributed by atoms with Gasteiger partial charge in [-0.25, -0.2) is 4.98 Å². The zero-order valence-electron chi connectivity index (χ0n) is 14.8. The van der Waals surface area contributed by atoms with Crippen LogP contribution in [-0.2, 0) is 11.2 Å². The Morgan fingerprint density at radius 1 is 1.19 bits per heavy atom. The van der Waals surface area contributed by atoms with Gasteiger partial charge >= 0.3 is 0 Å². The number of nitrogens with zero attached hydrogens (tertiary/aromatic N) is 2. The van der Waals surface area contributed by atoms with Gasteiger partial charge in [-0.2, -0.15) is 0 Å². The lowest BCUT2D eigenvalue weighted by atomic mass is 10.1. The number of aromatic amines is 1. The molecule has 27 heavy (non-hydrogen) atoms. The maximum Gasteiger partial charge on any atom is 0.255 e. The van der Waals surface area contributed by atoms with Crippen molar-refractivity contribution in [1.82, 2.24) is 20.3 Å². The van der Waals surface area contributed by atoms with Crippen molar-refractivity contribution < 1.29 is 4.79 Å². The van der Waals surface area contributed by atoms with Crippen LogP contribution in [0.4, 0.5) is 0 Å². The van der Waals surface area contributed by atoms with Crippen LogP contribution < -0.4 is 10.9 Å². The summed E-state index contributed by atoms with van der Waals surface area (Å²) in [6.45, 7) is 1.93. The molecule has 6 heteroatoms. The van der Waals surface area contributed by atoms with Crippen molar-refractivity contribution in [3.05, 3.63) is 82.0 Å². The van der Waals surface area contributed by atoms with E-state index in [1.165, 1.54) is 0 Å². The highest BCUT2D eigenvalue weighted by atomic mass is 16.2. The van der Waals surface area contributed by atoms with E-state index < -0.39 is 0 Å². The number of hydrogen-bond donors (Lipinski definition) is 2. The van der Waals surface area contributed by atoms with Crippen LogP contribution in [0.5, 0.6) is 0 Å². The van der Waals surface area contributed by atoms with E-state index in [2.05, 4.69) is 32.1 Å². The number of H-pyrrole nitrogens is 1. The van der Waals surface area contributed by atoms with Crippen molar-refractivity contribution in [3.8, 4) is 23.2 Å². The Morgan fingerprint density at radius 3 is 2.70 bits per heavy atom. The predicted octanol–water partition coefficient (Wildman–Crippen LogP) is 1.85. The molecule has 3 aromatic rings. The monoisotopic (exact) mass is 358 g/mol. The van der Waals surface area contributed by atoms with Gasteiger partial charge in [-0.05, 0) is 31.2 Å². The van der Waals surface area contributed by atoms with Crippen molar-refractivity contribution in [2.75, 3.05) is 6.54 Å². The Hall–Kier alpha value is -3.72. The van der Waals surface area contributed by atoms with Crippen molar-refractivity contribution in [3.63, 3.8) is 0 Å². The van der Waals surface area contributed by atoms with Gasteiger partial charge in [0.1, 0.15) is 5.82 Å². The highest BCUT2D eigenvalue weighted by Crippen LogP contribution is 2.12. The van der Waals surface area contributed by atoms with E-state index in [9.17, 15) is 9.59 Å². The van der Waals surface area contributed by atoms with E-state index in [0.29, 0.717) is 22.6 Å². The Bertz CT molecular complexity index is 1050. The van der Waals surface area contributed by atoms with Crippen LogP contribution in [0.3, 0.4) is 0 Å². The molecule has 0 aliphatic carbocycles. The normalized spacial score (nSPS) is 9.96. The molecule has 0 unspecified atom stereocenters. The molecule has 0 saturated heterocycles. The van der Waals surface area contributed by atoms with Gasteiger partial charge in [0.2, 0.25) is 5.91 Å². The fourth-order valence-corrected chi connectivity index (χ4v) is 2.49. The molecule has 0 aliphatic rings. The number of rotatable bonds is 4. The van der Waals surface area contributed by atoms with E-state index in [0.717, 1.165) is 5.56 Å². The molecule has 1 aromatic carbocycles. The van der Waals surface area contributed by atoms with E-state index in [4.69, 9.17) is 0 Å². The molecule has 2 aromatic heterocycles. The second-order valence-corrected chi connectivity index (χ2v) is 5.84. The highest BCUT2D eigenvalue weighted by Gasteiger charge is 2.13. The van der Waals surface area contributed by atoms with Crippen LogP contribution in [0.15, 0.2) is 59.7 Å². The van der Waals surface area contributed by atoms with Crippen LogP contribution in [0.25, 0.3) is 11.4 Å². The van der Waals surface area contributed by atoms with Crippen LogP contribution in [-0.4, -0.2) is 27.4 Å². The number of carbonyl (C=O) groups is 1. The highest BCUT2D eigenvalue weighted by molar-refractivity contribution is 5.79. The van der Waals surface area contributed by atoms with Crippen LogP contribution in [0, 0.1) is 18.8 Å². The van der Waals surface area contributed by atoms with Crippen molar-refractivity contribution in [1.29, 1.82) is 0 Å². The number of carbonyl (C=O) groups excluding carboxylic acids is 1. The molecular weight excluding hydrogens is 340 g/mol. The zero-order chi connectivity index (χ0) is 19.1. The van der Waals surface area contributed by atoms with Gasteiger partial charge in [0, 0.05) is 34.8 Å². The molecule has 2 N–H and O–H groups in total. The molecule has 0 saturated carbocycles. The molecule has 0 fully saturated rings. The fourth-order valence-electron chi connectivity index (χ4n) is 2.49. The van der Waals surface area contributed by atoms with Crippen LogP contribution in [0.1, 0.15) is 16.8 Å². The first kappa shape index (κ1) is 18.1. The van der Waals surface area contributed by atoms with E-state index in [1.807, 2.05) is 36.4 Å². The van der Waals surface area contributed by atoms with Crippen molar-refractivity contribution in [2.45, 2.75) is 13.3 Å². The summed E-state index contributed by atoms with van der Waals surface area (Å²) in [5.41, 5.74) is 2.13. The fraction of sp³-hybridized carbons (Fsp3) is 0.143. The molecule has 134 valence electrons. The maximum absolute atomic E-state index is 12.4. The second kappa shape index (κ2) is 8.59. The number of hydrogen-bond acceptors (Lipinski definition) is 4. The first-order valence-electron chi connectivity index (χ1n) is 8.44. The minimum atomic E-state index is -0.327. The topological polar surface area (TPSA) is 87.7 Å². The summed E-state index contributed by atoms with van der Waals surface area (Å²) in [5, 5.41) is 2.70. The molecule has 0 aliphatic heterocycles. The summed E-state index contributed by atoms with van der Waals surface area (Å²) < 4.78 is 0. The Kier molecular flexibility index (Phi) is 5.75. The molecule has 2 heterocycles. The second-order valence-electron chi connectivity index (χ2n) is 5.84. The van der Waals surface area contributed by atoms with Gasteiger partial charge in [-0.3, -0.25) is 14.6 Å². The lowest BCUT2D eigenvalue weighted by Gasteiger charge is -2.07. The SMILES string of the molecule is Cc1nc(-c2cccnc2)[nH]c(=O)c1CC(=O)NCC#Cc1ccccc1. The minimum absolute atomic E-state index is 0.0471. The average Bonchev–Trinajstić information content (AvgIpc) is 2.69. The third kappa shape index (κ3) is 4.89. The minimum Gasteiger partial charge on any atom is -0.345 e. The summed E-state index contributed by atoms with van der Waals surface area (Å²) in [6.07, 6.45) is 3.22. The lowest BCUT2D eigenvalue weighted by molar-refractivity contribution is -0.120. The number of amides is 1. The molecule has 0 bridgehead atoms. The zero-order valence-corrected chi connectivity index (χ0v) is 14.8. The molecular formula is C21H18N4O2. The lowest BCUT2D eigenvalue weighted by Crippen LogP contribution is -2.29. The third-order valence-electron chi connectivity index (χ3n) is 3.88. The number of aryl methyl sites for hydroxylation is 1. The van der Waals surface area contributed by atoms with Crippen molar-refractivity contribution in [2.24, 2.45) is 0 Å². The molecule has 1 amide bonds. The standard InChI is InChI=1S/C21H18N4O2/c1-15-18(21(27)25-20(24-15)17-10-6-11-22-14-17)13-19(26)23-12-5-9-16-7-3-2-4-8-16/h2-4,6-8,10-11,14H,12-13H2,1H3,(H,23,26)(H,24,25,27). The molecule has 3 rings (SSSR count). The smallest absolute Gasteiger partial charge is 0.255 e. The van der Waals surface area contributed by atoms with Crippen LogP contribution >= 0.6 is 0 Å². The van der Waals surface area contributed by atoms with Crippen molar-refractivity contribution >= 4 is 5.91 Å². The third-order valence-corrected chi connectivity index (χ3v) is 3.88. The Labute approximate surface area is 156 Å². The summed E-state index contributed by atoms with van der Waals surface area (Å²) in [7, 11) is 0.